The van der Waals surface area contributed by atoms with Crippen molar-refractivity contribution < 1.29 is 27.1 Å². The van der Waals surface area contributed by atoms with Crippen molar-refractivity contribution in [2.24, 2.45) is 0 Å². The first-order valence-corrected chi connectivity index (χ1v) is 9.92. The Balaban J connectivity index is 1.62. The number of rotatable bonds is 7. The van der Waals surface area contributed by atoms with Crippen LogP contribution in [0.3, 0.4) is 0 Å². The highest BCUT2D eigenvalue weighted by Crippen LogP contribution is 2.20. The molecule has 1 N–H and O–H groups in total. The average Bonchev–Trinajstić information content (AvgIpc) is 2.73. The lowest BCUT2D eigenvalue weighted by molar-refractivity contribution is 0.0600. The second-order valence-electron chi connectivity index (χ2n) is 5.90. The summed E-state index contributed by atoms with van der Waals surface area (Å²) in [6, 6.07) is 14.2. The maximum atomic E-state index is 13.2. The first-order valence-electron chi connectivity index (χ1n) is 8.44. The summed E-state index contributed by atoms with van der Waals surface area (Å²) in [5.74, 6) is -0.413. The maximum Gasteiger partial charge on any atom is 0.337 e. The Labute approximate surface area is 167 Å². The summed E-state index contributed by atoms with van der Waals surface area (Å²) in [7, 11) is -2.53. The third-order valence-corrected chi connectivity index (χ3v) is 5.29. The van der Waals surface area contributed by atoms with Crippen LogP contribution in [0.1, 0.15) is 15.9 Å². The Hall–Kier alpha value is -3.30. The van der Waals surface area contributed by atoms with Gasteiger partial charge in [-0.3, -0.25) is 0 Å². The first kappa shape index (κ1) is 20.4. The molecule has 3 rings (SSSR count). The Kier molecular flexibility index (Phi) is 6.20. The van der Waals surface area contributed by atoms with Crippen LogP contribution in [-0.2, 0) is 21.3 Å². The van der Waals surface area contributed by atoms with Gasteiger partial charge in [0.15, 0.2) is 0 Å². The highest BCUT2D eigenvalue weighted by Gasteiger charge is 2.15. The largest absolute Gasteiger partial charge is 0.465 e. The van der Waals surface area contributed by atoms with Gasteiger partial charge in [0.25, 0.3) is 0 Å². The van der Waals surface area contributed by atoms with Crippen molar-refractivity contribution in [2.45, 2.75) is 11.4 Å². The molecule has 3 aromatic rings. The highest BCUT2D eigenvalue weighted by molar-refractivity contribution is 7.89. The minimum absolute atomic E-state index is 0.00827. The SMILES string of the molecule is COC(=O)c1ccc(S(=O)(=O)NCc2ccc(Oc3cccc(F)c3)nc2)cc1. The molecule has 0 aliphatic heterocycles. The minimum atomic E-state index is -3.77. The molecule has 0 spiro atoms. The van der Waals surface area contributed by atoms with Gasteiger partial charge in [-0.05, 0) is 42.0 Å². The summed E-state index contributed by atoms with van der Waals surface area (Å²) < 4.78 is 50.4. The van der Waals surface area contributed by atoms with Crippen molar-refractivity contribution >= 4 is 16.0 Å². The molecule has 9 heteroatoms. The van der Waals surface area contributed by atoms with Crippen molar-refractivity contribution in [3.05, 3.63) is 83.8 Å². The molecule has 0 saturated heterocycles. The van der Waals surface area contributed by atoms with E-state index in [2.05, 4.69) is 14.4 Å². The van der Waals surface area contributed by atoms with Crippen LogP contribution in [0.5, 0.6) is 11.6 Å². The average molecular weight is 416 g/mol. The van der Waals surface area contributed by atoms with Crippen molar-refractivity contribution in [1.29, 1.82) is 0 Å². The van der Waals surface area contributed by atoms with Crippen molar-refractivity contribution in [3.63, 3.8) is 0 Å². The van der Waals surface area contributed by atoms with Crippen LogP contribution in [-0.4, -0.2) is 26.5 Å². The molecule has 1 aromatic heterocycles. The summed E-state index contributed by atoms with van der Waals surface area (Å²) in [5, 5.41) is 0. The number of aromatic nitrogens is 1. The number of nitrogens with one attached hydrogen (secondary N) is 1. The number of nitrogens with zero attached hydrogens (tertiary/aromatic N) is 1. The van der Waals surface area contributed by atoms with E-state index in [9.17, 15) is 17.6 Å². The van der Waals surface area contributed by atoms with E-state index in [0.29, 0.717) is 11.3 Å². The lowest BCUT2D eigenvalue weighted by Crippen LogP contribution is -2.23. The van der Waals surface area contributed by atoms with Gasteiger partial charge < -0.3 is 9.47 Å². The third-order valence-electron chi connectivity index (χ3n) is 3.87. The van der Waals surface area contributed by atoms with Crippen LogP contribution >= 0.6 is 0 Å². The normalized spacial score (nSPS) is 11.1. The number of ether oxygens (including phenoxy) is 2. The topological polar surface area (TPSA) is 94.6 Å². The predicted molar refractivity (Wildman–Crippen MR) is 103 cm³/mol. The molecule has 0 aliphatic rings. The van der Waals surface area contributed by atoms with Crippen LogP contribution in [0.2, 0.25) is 0 Å². The van der Waals surface area contributed by atoms with Crippen LogP contribution in [0.15, 0.2) is 71.8 Å². The molecular formula is C20H17FN2O5S. The number of hydrogen-bond acceptors (Lipinski definition) is 6. The monoisotopic (exact) mass is 416 g/mol. The van der Waals surface area contributed by atoms with Gasteiger partial charge in [-0.1, -0.05) is 12.1 Å². The molecule has 0 bridgehead atoms. The van der Waals surface area contributed by atoms with E-state index in [1.54, 1.807) is 18.2 Å². The van der Waals surface area contributed by atoms with Gasteiger partial charge >= 0.3 is 5.97 Å². The number of hydrogen-bond donors (Lipinski definition) is 1. The fourth-order valence-corrected chi connectivity index (χ4v) is 3.39. The summed E-state index contributed by atoms with van der Waals surface area (Å²) in [6.07, 6.45) is 1.46. The number of sulfonamides is 1. The highest BCUT2D eigenvalue weighted by atomic mass is 32.2. The zero-order valence-corrected chi connectivity index (χ0v) is 16.1. The number of esters is 1. The lowest BCUT2D eigenvalue weighted by Gasteiger charge is -2.08. The van der Waals surface area contributed by atoms with Gasteiger partial charge in [-0.25, -0.2) is 27.3 Å². The number of methoxy groups -OCH3 is 1. The number of pyridine rings is 1. The smallest absolute Gasteiger partial charge is 0.337 e. The fraction of sp³-hybridized carbons (Fsp3) is 0.100. The number of carbonyl (C=O) groups excluding carboxylic acids is 1. The molecule has 150 valence electrons. The van der Waals surface area contributed by atoms with E-state index in [1.165, 1.54) is 55.8 Å². The van der Waals surface area contributed by atoms with E-state index in [-0.39, 0.29) is 22.9 Å². The number of halogens is 1. The second kappa shape index (κ2) is 8.80. The Morgan fingerprint density at radius 1 is 1.10 bits per heavy atom. The van der Waals surface area contributed by atoms with E-state index >= 15 is 0 Å². The van der Waals surface area contributed by atoms with E-state index in [1.807, 2.05) is 0 Å². The quantitative estimate of drug-likeness (QED) is 0.594. The van der Waals surface area contributed by atoms with Gasteiger partial charge in [0.2, 0.25) is 15.9 Å². The summed E-state index contributed by atoms with van der Waals surface area (Å²) >= 11 is 0. The van der Waals surface area contributed by atoms with Gasteiger partial charge in [-0.2, -0.15) is 0 Å². The van der Waals surface area contributed by atoms with Gasteiger partial charge in [-0.15, -0.1) is 0 Å². The minimum Gasteiger partial charge on any atom is -0.465 e. The van der Waals surface area contributed by atoms with Crippen LogP contribution in [0.25, 0.3) is 0 Å². The Bertz CT molecular complexity index is 1100. The van der Waals surface area contributed by atoms with E-state index < -0.39 is 21.8 Å². The maximum absolute atomic E-state index is 13.2. The molecule has 0 radical (unpaired) electrons. The molecule has 0 unspecified atom stereocenters. The number of carbonyl (C=O) groups is 1. The molecule has 0 saturated carbocycles. The predicted octanol–water partition coefficient (Wildman–Crippen LogP) is 3.28. The summed E-state index contributed by atoms with van der Waals surface area (Å²) in [5.41, 5.74) is 0.857. The van der Waals surface area contributed by atoms with Crippen LogP contribution in [0.4, 0.5) is 4.39 Å². The van der Waals surface area contributed by atoms with E-state index in [0.717, 1.165) is 0 Å². The second-order valence-corrected chi connectivity index (χ2v) is 7.67. The molecule has 0 aliphatic carbocycles. The third kappa shape index (κ3) is 5.37. The molecule has 1 heterocycles. The standard InChI is InChI=1S/C20H17FN2O5S/c1-27-20(24)15-6-8-18(9-7-15)29(25,26)23-13-14-5-10-19(22-12-14)28-17-4-2-3-16(21)11-17/h2-12,23H,13H2,1H3. The molecule has 0 atom stereocenters. The fourth-order valence-electron chi connectivity index (χ4n) is 2.38. The van der Waals surface area contributed by atoms with Gasteiger partial charge in [0.1, 0.15) is 11.6 Å². The molecule has 0 amide bonds. The molecular weight excluding hydrogens is 399 g/mol. The van der Waals surface area contributed by atoms with Crippen LogP contribution in [0, 0.1) is 5.82 Å². The molecule has 2 aromatic carbocycles. The first-order chi connectivity index (χ1) is 13.9. The van der Waals surface area contributed by atoms with Crippen molar-refractivity contribution in [2.75, 3.05) is 7.11 Å². The van der Waals surface area contributed by atoms with Crippen molar-refractivity contribution in [1.82, 2.24) is 9.71 Å². The van der Waals surface area contributed by atoms with Crippen LogP contribution < -0.4 is 9.46 Å². The van der Waals surface area contributed by atoms with E-state index in [4.69, 9.17) is 4.74 Å². The Morgan fingerprint density at radius 2 is 1.86 bits per heavy atom. The van der Waals surface area contributed by atoms with Crippen molar-refractivity contribution in [3.8, 4) is 11.6 Å². The summed E-state index contributed by atoms with van der Waals surface area (Å²) in [6.45, 7) is 0.00827. The molecule has 0 fully saturated rings. The van der Waals surface area contributed by atoms with Gasteiger partial charge in [0, 0.05) is 24.9 Å². The zero-order chi connectivity index (χ0) is 20.9. The number of benzene rings is 2. The summed E-state index contributed by atoms with van der Waals surface area (Å²) in [4.78, 5) is 15.5. The molecule has 29 heavy (non-hydrogen) atoms. The zero-order valence-electron chi connectivity index (χ0n) is 15.3. The Morgan fingerprint density at radius 3 is 2.48 bits per heavy atom. The molecule has 7 nitrogen and oxygen atoms in total. The van der Waals surface area contributed by atoms with Gasteiger partial charge in [0.05, 0.1) is 17.6 Å². The lowest BCUT2D eigenvalue weighted by atomic mass is 10.2.